The summed E-state index contributed by atoms with van der Waals surface area (Å²) in [6.45, 7) is 6.55. The number of hydrogen-bond donors (Lipinski definition) is 2. The summed E-state index contributed by atoms with van der Waals surface area (Å²) < 4.78 is 5.96. The number of aliphatic hydroxyl groups is 1. The Morgan fingerprint density at radius 2 is 1.87 bits per heavy atom. The summed E-state index contributed by atoms with van der Waals surface area (Å²) in [6.07, 6.45) is 3.50. The Bertz CT molecular complexity index is 915. The maximum absolute atomic E-state index is 9.03. The summed E-state index contributed by atoms with van der Waals surface area (Å²) in [5.74, 6) is 1.34. The highest BCUT2D eigenvalue weighted by molar-refractivity contribution is 7.13. The van der Waals surface area contributed by atoms with Gasteiger partial charge in [-0.2, -0.15) is 0 Å². The number of rotatable bonds is 9. The quantitative estimate of drug-likeness (QED) is 0.539. The molecule has 1 aliphatic heterocycles. The first-order chi connectivity index (χ1) is 14.8. The van der Waals surface area contributed by atoms with Crippen LogP contribution in [0.2, 0.25) is 0 Å². The van der Waals surface area contributed by atoms with Crippen LogP contribution >= 0.6 is 11.3 Å². The maximum Gasteiger partial charge on any atom is 0.227 e. The molecule has 0 aliphatic carbocycles. The number of nitrogens with zero attached hydrogens (tertiary/aromatic N) is 5. The second-order valence-corrected chi connectivity index (χ2v) is 7.91. The van der Waals surface area contributed by atoms with E-state index in [9.17, 15) is 0 Å². The van der Waals surface area contributed by atoms with Crippen molar-refractivity contribution < 1.29 is 9.84 Å². The largest absolute Gasteiger partial charge is 0.492 e. The molecule has 0 radical (unpaired) electrons. The molecule has 30 heavy (non-hydrogen) atoms. The average Bonchev–Trinajstić information content (AvgIpc) is 3.31. The second-order valence-electron chi connectivity index (χ2n) is 7.01. The SMILES string of the molecule is OCCN1CCN(CCOc2cccc(Nc3nccc(-c4nccs4)n3)c2)CC1. The molecule has 3 aromatic rings. The van der Waals surface area contributed by atoms with Gasteiger partial charge in [-0.05, 0) is 18.2 Å². The Kier molecular flexibility index (Phi) is 7.20. The van der Waals surface area contributed by atoms with Crippen molar-refractivity contribution in [1.82, 2.24) is 24.8 Å². The summed E-state index contributed by atoms with van der Waals surface area (Å²) >= 11 is 1.55. The minimum atomic E-state index is 0.230. The van der Waals surface area contributed by atoms with Gasteiger partial charge in [-0.25, -0.2) is 15.0 Å². The van der Waals surface area contributed by atoms with Crippen molar-refractivity contribution in [3.8, 4) is 16.5 Å². The lowest BCUT2D eigenvalue weighted by molar-refractivity contribution is 0.102. The number of benzene rings is 1. The molecule has 0 spiro atoms. The number of hydrogen-bond acceptors (Lipinski definition) is 9. The Labute approximate surface area is 180 Å². The highest BCUT2D eigenvalue weighted by Gasteiger charge is 2.15. The van der Waals surface area contributed by atoms with Crippen LogP contribution < -0.4 is 10.1 Å². The van der Waals surface area contributed by atoms with Gasteiger partial charge in [-0.3, -0.25) is 9.80 Å². The van der Waals surface area contributed by atoms with Gasteiger partial charge in [0.15, 0.2) is 0 Å². The van der Waals surface area contributed by atoms with Crippen molar-refractivity contribution in [2.24, 2.45) is 0 Å². The molecule has 2 N–H and O–H groups in total. The van der Waals surface area contributed by atoms with Crippen LogP contribution in [0.4, 0.5) is 11.6 Å². The van der Waals surface area contributed by atoms with Crippen LogP contribution in [-0.2, 0) is 0 Å². The topological polar surface area (TPSA) is 86.6 Å². The van der Waals surface area contributed by atoms with Crippen molar-refractivity contribution in [2.45, 2.75) is 0 Å². The summed E-state index contributed by atoms with van der Waals surface area (Å²) in [7, 11) is 0. The predicted molar refractivity (Wildman–Crippen MR) is 118 cm³/mol. The molecule has 0 bridgehead atoms. The van der Waals surface area contributed by atoms with Gasteiger partial charge in [0.05, 0.1) is 6.61 Å². The lowest BCUT2D eigenvalue weighted by atomic mass is 10.3. The minimum absolute atomic E-state index is 0.230. The zero-order valence-electron chi connectivity index (χ0n) is 16.8. The molecule has 9 heteroatoms. The van der Waals surface area contributed by atoms with Gasteiger partial charge < -0.3 is 15.2 Å². The molecule has 1 aromatic carbocycles. The van der Waals surface area contributed by atoms with Crippen molar-refractivity contribution >= 4 is 23.0 Å². The smallest absolute Gasteiger partial charge is 0.227 e. The number of aliphatic hydroxyl groups excluding tert-OH is 1. The Balaban J connectivity index is 1.28. The third-order valence-electron chi connectivity index (χ3n) is 4.95. The zero-order chi connectivity index (χ0) is 20.6. The summed E-state index contributed by atoms with van der Waals surface area (Å²) in [5, 5.41) is 15.1. The fraction of sp³-hybridized carbons (Fsp3) is 0.381. The highest BCUT2D eigenvalue weighted by Crippen LogP contribution is 2.23. The summed E-state index contributed by atoms with van der Waals surface area (Å²) in [4.78, 5) is 17.8. The molecule has 3 heterocycles. The lowest BCUT2D eigenvalue weighted by Crippen LogP contribution is -2.48. The van der Waals surface area contributed by atoms with Crippen LogP contribution in [0.3, 0.4) is 0 Å². The molecule has 158 valence electrons. The van der Waals surface area contributed by atoms with E-state index < -0.39 is 0 Å². The second kappa shape index (κ2) is 10.4. The third-order valence-corrected chi connectivity index (χ3v) is 5.75. The number of ether oxygens (including phenoxy) is 1. The molecule has 2 aromatic heterocycles. The first-order valence-electron chi connectivity index (χ1n) is 10.1. The molecule has 0 amide bonds. The molecule has 0 atom stereocenters. The van der Waals surface area contributed by atoms with Crippen LogP contribution in [0.1, 0.15) is 0 Å². The molecular formula is C21H26N6O2S. The normalized spacial score (nSPS) is 15.2. The van der Waals surface area contributed by atoms with E-state index in [1.807, 2.05) is 35.7 Å². The minimum Gasteiger partial charge on any atom is -0.492 e. The Morgan fingerprint density at radius 1 is 1.03 bits per heavy atom. The first-order valence-corrected chi connectivity index (χ1v) is 11.0. The maximum atomic E-state index is 9.03. The van der Waals surface area contributed by atoms with Gasteiger partial charge in [0, 0.05) is 68.8 Å². The van der Waals surface area contributed by atoms with Crippen LogP contribution in [-0.4, -0.2) is 82.3 Å². The van der Waals surface area contributed by atoms with Gasteiger partial charge >= 0.3 is 0 Å². The predicted octanol–water partition coefficient (Wildman–Crippen LogP) is 2.33. The molecular weight excluding hydrogens is 400 g/mol. The van der Waals surface area contributed by atoms with E-state index in [0.29, 0.717) is 12.6 Å². The Hall–Kier alpha value is -2.59. The van der Waals surface area contributed by atoms with E-state index in [0.717, 1.165) is 61.4 Å². The van der Waals surface area contributed by atoms with E-state index in [1.165, 1.54) is 0 Å². The van der Waals surface area contributed by atoms with Crippen LogP contribution in [0.25, 0.3) is 10.7 Å². The van der Waals surface area contributed by atoms with E-state index in [-0.39, 0.29) is 6.61 Å². The van der Waals surface area contributed by atoms with Crippen LogP contribution in [0, 0.1) is 0 Å². The summed E-state index contributed by atoms with van der Waals surface area (Å²) in [5.41, 5.74) is 1.68. The number of aromatic nitrogens is 3. The zero-order valence-corrected chi connectivity index (χ0v) is 17.6. The number of anilines is 2. The average molecular weight is 427 g/mol. The molecule has 1 saturated heterocycles. The third kappa shape index (κ3) is 5.73. The van der Waals surface area contributed by atoms with Gasteiger partial charge in [-0.15, -0.1) is 11.3 Å². The van der Waals surface area contributed by atoms with Crippen molar-refractivity contribution in [3.05, 3.63) is 48.1 Å². The van der Waals surface area contributed by atoms with E-state index in [1.54, 1.807) is 23.7 Å². The van der Waals surface area contributed by atoms with Crippen LogP contribution in [0.5, 0.6) is 5.75 Å². The Morgan fingerprint density at radius 3 is 2.63 bits per heavy atom. The monoisotopic (exact) mass is 426 g/mol. The molecule has 0 unspecified atom stereocenters. The standard InChI is InChI=1S/C21H26N6O2S/c28-13-11-26-7-9-27(10-8-26)12-14-29-18-3-1-2-17(16-18)24-21-23-5-4-19(25-21)20-22-6-15-30-20/h1-6,15-16,28H,7-14H2,(H,23,24,25). The van der Waals surface area contributed by atoms with Crippen molar-refractivity contribution in [1.29, 1.82) is 0 Å². The molecule has 1 aliphatic rings. The van der Waals surface area contributed by atoms with Gasteiger partial charge in [0.2, 0.25) is 5.95 Å². The van der Waals surface area contributed by atoms with Crippen molar-refractivity contribution in [2.75, 3.05) is 57.8 Å². The lowest BCUT2D eigenvalue weighted by Gasteiger charge is -2.34. The molecule has 8 nitrogen and oxygen atoms in total. The van der Waals surface area contributed by atoms with Gasteiger partial charge in [-0.1, -0.05) is 6.07 Å². The highest BCUT2D eigenvalue weighted by atomic mass is 32.1. The van der Waals surface area contributed by atoms with Gasteiger partial charge in [0.25, 0.3) is 0 Å². The number of nitrogens with one attached hydrogen (secondary N) is 1. The van der Waals surface area contributed by atoms with E-state index in [4.69, 9.17) is 9.84 Å². The number of β-amino-alcohol motifs (C(OH)–C–C–N with tert-alkyl or cyclic N) is 1. The number of piperazine rings is 1. The fourth-order valence-electron chi connectivity index (χ4n) is 3.35. The summed E-state index contributed by atoms with van der Waals surface area (Å²) in [6, 6.07) is 9.69. The molecule has 4 rings (SSSR count). The first kappa shape index (κ1) is 20.7. The van der Waals surface area contributed by atoms with E-state index in [2.05, 4.69) is 30.1 Å². The molecule has 0 saturated carbocycles. The molecule has 1 fully saturated rings. The van der Waals surface area contributed by atoms with Crippen LogP contribution in [0.15, 0.2) is 48.1 Å². The van der Waals surface area contributed by atoms with Gasteiger partial charge in [0.1, 0.15) is 23.1 Å². The fourth-order valence-corrected chi connectivity index (χ4v) is 3.96. The van der Waals surface area contributed by atoms with E-state index >= 15 is 0 Å². The number of thiazole rings is 1. The van der Waals surface area contributed by atoms with Crippen molar-refractivity contribution in [3.63, 3.8) is 0 Å².